The Labute approximate surface area is 144 Å². The molecule has 0 fully saturated rings. The lowest BCUT2D eigenvalue weighted by atomic mass is 10.1. The molecule has 0 N–H and O–H groups in total. The van der Waals surface area contributed by atoms with Crippen LogP contribution in [-0.4, -0.2) is 32.4 Å². The highest BCUT2D eigenvalue weighted by Gasteiger charge is 2.25. The minimum Gasteiger partial charge on any atom is -0.346 e. The zero-order chi connectivity index (χ0) is 17.6. The number of hydrogen-bond acceptors (Lipinski definition) is 4. The smallest absolute Gasteiger partial charge is 0.259 e. The van der Waals surface area contributed by atoms with E-state index in [0.717, 1.165) is 29.7 Å². The molecule has 3 aromatic rings. The van der Waals surface area contributed by atoms with Crippen LogP contribution in [-0.2, 0) is 13.0 Å². The second-order valence-corrected chi connectivity index (χ2v) is 6.35. The van der Waals surface area contributed by atoms with Crippen LogP contribution in [0.1, 0.15) is 34.6 Å². The van der Waals surface area contributed by atoms with Crippen molar-refractivity contribution in [3.8, 4) is 0 Å². The van der Waals surface area contributed by atoms with Gasteiger partial charge in [0.1, 0.15) is 11.9 Å². The molecule has 1 amide bonds. The number of nitrogens with zero attached hydrogens (tertiary/aromatic N) is 4. The molecule has 0 spiro atoms. The van der Waals surface area contributed by atoms with Gasteiger partial charge < -0.3 is 9.47 Å². The summed E-state index contributed by atoms with van der Waals surface area (Å²) in [6.45, 7) is 2.68. The van der Waals surface area contributed by atoms with Gasteiger partial charge in [-0.25, -0.2) is 9.97 Å². The van der Waals surface area contributed by atoms with Crippen molar-refractivity contribution in [3.05, 3.63) is 70.0 Å². The first-order valence-electron chi connectivity index (χ1n) is 8.26. The molecule has 25 heavy (non-hydrogen) atoms. The van der Waals surface area contributed by atoms with E-state index in [1.54, 1.807) is 36.5 Å². The fourth-order valence-electron chi connectivity index (χ4n) is 3.42. The number of aromatic nitrogens is 3. The van der Waals surface area contributed by atoms with Gasteiger partial charge in [-0.3, -0.25) is 9.59 Å². The van der Waals surface area contributed by atoms with Crippen LogP contribution in [0.5, 0.6) is 0 Å². The maximum absolute atomic E-state index is 13.0. The molecule has 126 valence electrons. The molecule has 0 saturated heterocycles. The molecular weight excluding hydrogens is 316 g/mol. The van der Waals surface area contributed by atoms with Gasteiger partial charge in [0.15, 0.2) is 0 Å². The average Bonchev–Trinajstić information content (AvgIpc) is 3.07. The number of benzene rings is 1. The first-order valence-corrected chi connectivity index (χ1v) is 8.26. The Bertz CT molecular complexity index is 1030. The molecule has 0 bridgehead atoms. The molecule has 0 aliphatic carbocycles. The third-order valence-electron chi connectivity index (χ3n) is 4.97. The monoisotopic (exact) mass is 334 g/mol. The van der Waals surface area contributed by atoms with E-state index in [4.69, 9.17) is 0 Å². The minimum atomic E-state index is -0.293. The normalized spacial score (nSPS) is 13.8. The van der Waals surface area contributed by atoms with Crippen LogP contribution < -0.4 is 5.43 Å². The first-order chi connectivity index (χ1) is 12.1. The van der Waals surface area contributed by atoms with Crippen LogP contribution in [0.25, 0.3) is 10.9 Å². The lowest BCUT2D eigenvalue weighted by Crippen LogP contribution is -2.34. The van der Waals surface area contributed by atoms with Gasteiger partial charge in [-0.1, -0.05) is 12.1 Å². The summed E-state index contributed by atoms with van der Waals surface area (Å²) in [6, 6.07) is 7.24. The van der Waals surface area contributed by atoms with Crippen LogP contribution in [0.3, 0.4) is 0 Å². The summed E-state index contributed by atoms with van der Waals surface area (Å²) < 4.78 is 2.02. The lowest BCUT2D eigenvalue weighted by molar-refractivity contribution is 0.0738. The number of carbonyl (C=O) groups excluding carboxylic acids is 1. The lowest BCUT2D eigenvalue weighted by Gasteiger charge is -2.24. The van der Waals surface area contributed by atoms with Crippen LogP contribution in [0.4, 0.5) is 0 Å². The fraction of sp³-hybridized carbons (Fsp3) is 0.263. The summed E-state index contributed by atoms with van der Waals surface area (Å²) >= 11 is 0. The highest BCUT2D eigenvalue weighted by molar-refractivity contribution is 5.98. The molecule has 1 aliphatic heterocycles. The van der Waals surface area contributed by atoms with Crippen molar-refractivity contribution in [2.45, 2.75) is 25.9 Å². The second kappa shape index (κ2) is 5.81. The second-order valence-electron chi connectivity index (χ2n) is 6.35. The highest BCUT2D eigenvalue weighted by Crippen LogP contribution is 2.25. The Morgan fingerprint density at radius 2 is 2.16 bits per heavy atom. The van der Waals surface area contributed by atoms with Crippen molar-refractivity contribution in [3.63, 3.8) is 0 Å². The third-order valence-corrected chi connectivity index (χ3v) is 4.97. The van der Waals surface area contributed by atoms with Crippen LogP contribution in [0, 0.1) is 0 Å². The van der Waals surface area contributed by atoms with Gasteiger partial charge in [0.2, 0.25) is 5.43 Å². The van der Waals surface area contributed by atoms with Gasteiger partial charge in [-0.15, -0.1) is 0 Å². The van der Waals surface area contributed by atoms with E-state index in [9.17, 15) is 9.59 Å². The molecule has 1 aromatic carbocycles. The summed E-state index contributed by atoms with van der Waals surface area (Å²) in [5, 5.41) is 0.615. The number of para-hydroxylation sites is 1. The molecule has 0 saturated carbocycles. The van der Waals surface area contributed by atoms with Crippen molar-refractivity contribution >= 4 is 16.8 Å². The van der Waals surface area contributed by atoms with Crippen molar-refractivity contribution < 1.29 is 4.79 Å². The predicted octanol–water partition coefficient (Wildman–Crippen LogP) is 2.18. The molecule has 0 unspecified atom stereocenters. The first kappa shape index (κ1) is 15.5. The van der Waals surface area contributed by atoms with Gasteiger partial charge in [0.25, 0.3) is 5.91 Å². The predicted molar refractivity (Wildman–Crippen MR) is 94.5 cm³/mol. The van der Waals surface area contributed by atoms with E-state index in [1.165, 1.54) is 6.33 Å². The fourth-order valence-corrected chi connectivity index (χ4v) is 3.42. The Kier molecular flexibility index (Phi) is 3.60. The number of carbonyl (C=O) groups is 1. The molecule has 1 aliphatic rings. The number of amides is 1. The summed E-state index contributed by atoms with van der Waals surface area (Å²) in [7, 11) is 1.69. The Morgan fingerprint density at radius 3 is 2.92 bits per heavy atom. The van der Waals surface area contributed by atoms with E-state index in [2.05, 4.69) is 9.97 Å². The van der Waals surface area contributed by atoms with Gasteiger partial charge in [-0.2, -0.15) is 0 Å². The quantitative estimate of drug-likeness (QED) is 0.736. The Balaban J connectivity index is 1.77. The van der Waals surface area contributed by atoms with Gasteiger partial charge >= 0.3 is 0 Å². The van der Waals surface area contributed by atoms with E-state index >= 15 is 0 Å². The number of hydrogen-bond donors (Lipinski definition) is 0. The highest BCUT2D eigenvalue weighted by atomic mass is 16.2. The summed E-state index contributed by atoms with van der Waals surface area (Å²) in [6.07, 6.45) is 5.69. The van der Waals surface area contributed by atoms with Crippen molar-refractivity contribution in [1.29, 1.82) is 0 Å². The molecule has 0 radical (unpaired) electrons. The standard InChI is InChI=1S/C19H18N4O2/c1-12(16-6-8-20-11-21-16)22(2)19(25)15-10-23-9-7-13-4-3-5-14(17(13)23)18(15)24/h3-6,8,10-12H,7,9H2,1-2H3/t12-/m0/s1. The molecule has 6 heteroatoms. The topological polar surface area (TPSA) is 68.1 Å². The SMILES string of the molecule is C[C@@H](c1ccncn1)N(C)C(=O)c1cn2c3c(cccc3c1=O)CC2. The minimum absolute atomic E-state index is 0.204. The van der Waals surface area contributed by atoms with Gasteiger partial charge in [0.05, 0.1) is 17.3 Å². The van der Waals surface area contributed by atoms with E-state index in [1.807, 2.05) is 23.6 Å². The Morgan fingerprint density at radius 1 is 1.32 bits per heavy atom. The van der Waals surface area contributed by atoms with Crippen molar-refractivity contribution in [2.75, 3.05) is 7.05 Å². The zero-order valence-electron chi connectivity index (χ0n) is 14.1. The maximum atomic E-state index is 13.0. The average molecular weight is 334 g/mol. The van der Waals surface area contributed by atoms with Crippen LogP contribution in [0.15, 0.2) is 47.8 Å². The van der Waals surface area contributed by atoms with Gasteiger partial charge in [0, 0.05) is 31.4 Å². The molecule has 1 atom stereocenters. The van der Waals surface area contributed by atoms with Crippen LogP contribution >= 0.6 is 0 Å². The number of rotatable bonds is 3. The number of pyridine rings is 1. The molecule has 6 nitrogen and oxygen atoms in total. The molecule has 2 aromatic heterocycles. The van der Waals surface area contributed by atoms with Gasteiger partial charge in [-0.05, 0) is 31.0 Å². The Hall–Kier alpha value is -3.02. The third kappa shape index (κ3) is 2.41. The van der Waals surface area contributed by atoms with Crippen LogP contribution in [0.2, 0.25) is 0 Å². The molecule has 4 rings (SSSR count). The zero-order valence-corrected chi connectivity index (χ0v) is 14.1. The maximum Gasteiger partial charge on any atom is 0.259 e. The largest absolute Gasteiger partial charge is 0.346 e. The van der Waals surface area contributed by atoms with Crippen molar-refractivity contribution in [2.24, 2.45) is 0 Å². The summed E-state index contributed by atoms with van der Waals surface area (Å²) in [5.74, 6) is -0.293. The summed E-state index contributed by atoms with van der Waals surface area (Å²) in [5.41, 5.74) is 2.85. The van der Waals surface area contributed by atoms with E-state index < -0.39 is 0 Å². The van der Waals surface area contributed by atoms with E-state index in [0.29, 0.717) is 5.39 Å². The summed E-state index contributed by atoms with van der Waals surface area (Å²) in [4.78, 5) is 35.5. The van der Waals surface area contributed by atoms with E-state index in [-0.39, 0.29) is 22.9 Å². The molecular formula is C19H18N4O2. The number of aryl methyl sites for hydroxylation is 2. The van der Waals surface area contributed by atoms with Crippen molar-refractivity contribution in [1.82, 2.24) is 19.4 Å². The molecule has 3 heterocycles.